The van der Waals surface area contributed by atoms with Gasteiger partial charge in [-0.3, -0.25) is 9.59 Å². The number of carbonyl (C=O) groups is 2. The third-order valence-corrected chi connectivity index (χ3v) is 6.35. The summed E-state index contributed by atoms with van der Waals surface area (Å²) in [5.41, 5.74) is 0.978. The van der Waals surface area contributed by atoms with Crippen LogP contribution in [0.4, 0.5) is 4.39 Å². The van der Waals surface area contributed by atoms with Gasteiger partial charge in [0.25, 0.3) is 0 Å². The normalized spacial score (nSPS) is 15.0. The van der Waals surface area contributed by atoms with Crippen LogP contribution in [0.15, 0.2) is 42.5 Å². The molecule has 2 aromatic carbocycles. The number of hydrogen-bond donors (Lipinski definition) is 1. The molecule has 3 rings (SSSR count). The Morgan fingerprint density at radius 2 is 1.81 bits per heavy atom. The van der Waals surface area contributed by atoms with Crippen LogP contribution < -0.4 is 5.32 Å². The van der Waals surface area contributed by atoms with Crippen LogP contribution in [0.25, 0.3) is 0 Å². The third kappa shape index (κ3) is 6.20. The largest absolute Gasteiger partial charge is 0.352 e. The molecule has 0 unspecified atom stereocenters. The number of nitrogens with one attached hydrogen (secondary N) is 1. The fourth-order valence-electron chi connectivity index (χ4n) is 4.03. The van der Waals surface area contributed by atoms with Gasteiger partial charge in [0.1, 0.15) is 11.9 Å². The lowest BCUT2D eigenvalue weighted by Crippen LogP contribution is -2.51. The predicted octanol–water partition coefficient (Wildman–Crippen LogP) is 5.54. The molecular weight excluding hydrogens is 438 g/mol. The molecule has 31 heavy (non-hydrogen) atoms. The molecule has 0 saturated heterocycles. The minimum absolute atomic E-state index is 0.140. The SMILES string of the molecule is CC[C@@H](C(=O)NC1CCCC1)N(Cc1ccc(Cl)cc1)C(=O)Cc1c(F)cccc1Cl. The maximum absolute atomic E-state index is 14.3. The van der Waals surface area contributed by atoms with Crippen LogP contribution in [0.5, 0.6) is 0 Å². The highest BCUT2D eigenvalue weighted by Crippen LogP contribution is 2.23. The van der Waals surface area contributed by atoms with Gasteiger partial charge in [0, 0.05) is 28.2 Å². The summed E-state index contributed by atoms with van der Waals surface area (Å²) in [6, 6.07) is 11.0. The highest BCUT2D eigenvalue weighted by molar-refractivity contribution is 6.31. The summed E-state index contributed by atoms with van der Waals surface area (Å²) in [4.78, 5) is 27.9. The summed E-state index contributed by atoms with van der Waals surface area (Å²) in [5.74, 6) is -1.05. The van der Waals surface area contributed by atoms with Crippen molar-refractivity contribution in [1.82, 2.24) is 10.2 Å². The Morgan fingerprint density at radius 1 is 1.13 bits per heavy atom. The van der Waals surface area contributed by atoms with Gasteiger partial charge in [-0.05, 0) is 49.1 Å². The molecule has 0 bridgehead atoms. The number of nitrogens with zero attached hydrogens (tertiary/aromatic N) is 1. The van der Waals surface area contributed by atoms with Gasteiger partial charge in [0.05, 0.1) is 6.42 Å². The fourth-order valence-corrected chi connectivity index (χ4v) is 4.38. The van der Waals surface area contributed by atoms with Gasteiger partial charge < -0.3 is 10.2 Å². The molecule has 1 aliphatic carbocycles. The molecule has 0 heterocycles. The van der Waals surface area contributed by atoms with E-state index in [9.17, 15) is 14.0 Å². The first kappa shape index (κ1) is 23.6. The Balaban J connectivity index is 1.85. The van der Waals surface area contributed by atoms with Crippen molar-refractivity contribution < 1.29 is 14.0 Å². The molecule has 1 aliphatic rings. The average Bonchev–Trinajstić information content (AvgIpc) is 3.25. The van der Waals surface area contributed by atoms with Gasteiger partial charge in [-0.15, -0.1) is 0 Å². The maximum Gasteiger partial charge on any atom is 0.243 e. The molecule has 4 nitrogen and oxygen atoms in total. The molecule has 7 heteroatoms. The van der Waals surface area contributed by atoms with Crippen LogP contribution in [0.1, 0.15) is 50.2 Å². The Labute approximate surface area is 192 Å². The van der Waals surface area contributed by atoms with Crippen LogP contribution in [-0.2, 0) is 22.6 Å². The van der Waals surface area contributed by atoms with Crippen molar-refractivity contribution in [1.29, 1.82) is 0 Å². The Morgan fingerprint density at radius 3 is 2.42 bits per heavy atom. The van der Waals surface area contributed by atoms with Gasteiger partial charge in [0.2, 0.25) is 11.8 Å². The number of hydrogen-bond acceptors (Lipinski definition) is 2. The van der Waals surface area contributed by atoms with Crippen LogP contribution in [0.2, 0.25) is 10.0 Å². The smallest absolute Gasteiger partial charge is 0.243 e. The maximum atomic E-state index is 14.3. The van der Waals surface area contributed by atoms with E-state index in [4.69, 9.17) is 23.2 Å². The van der Waals surface area contributed by atoms with E-state index in [1.807, 2.05) is 19.1 Å². The standard InChI is InChI=1S/C24H27Cl2FN2O2/c1-2-22(24(31)28-18-6-3-4-7-18)29(15-16-10-12-17(25)13-11-16)23(30)14-19-20(26)8-5-9-21(19)27/h5,8-13,18,22H,2-4,6-7,14-15H2,1H3,(H,28,31)/t22-/m0/s1. The van der Waals surface area contributed by atoms with E-state index in [1.54, 1.807) is 18.2 Å². The molecule has 1 atom stereocenters. The summed E-state index contributed by atoms with van der Waals surface area (Å²) in [5, 5.41) is 3.88. The van der Waals surface area contributed by atoms with Crippen molar-refractivity contribution in [3.05, 3.63) is 69.5 Å². The second kappa shape index (κ2) is 11.0. The van der Waals surface area contributed by atoms with Crippen molar-refractivity contribution in [2.75, 3.05) is 0 Å². The van der Waals surface area contributed by atoms with Crippen LogP contribution in [-0.4, -0.2) is 28.8 Å². The highest BCUT2D eigenvalue weighted by Gasteiger charge is 2.31. The molecule has 1 fully saturated rings. The molecule has 0 aromatic heterocycles. The lowest BCUT2D eigenvalue weighted by Gasteiger charge is -2.31. The van der Waals surface area contributed by atoms with Gasteiger partial charge in [-0.2, -0.15) is 0 Å². The Kier molecular flexibility index (Phi) is 8.33. The molecule has 2 aromatic rings. The molecule has 0 spiro atoms. The monoisotopic (exact) mass is 464 g/mol. The van der Waals surface area contributed by atoms with Crippen molar-refractivity contribution in [2.45, 2.75) is 64.1 Å². The van der Waals surface area contributed by atoms with E-state index >= 15 is 0 Å². The van der Waals surface area contributed by atoms with E-state index in [0.29, 0.717) is 11.4 Å². The Bertz CT molecular complexity index is 894. The van der Waals surface area contributed by atoms with Gasteiger partial charge >= 0.3 is 0 Å². The summed E-state index contributed by atoms with van der Waals surface area (Å²) < 4.78 is 14.3. The average molecular weight is 465 g/mol. The number of amides is 2. The second-order valence-corrected chi connectivity index (χ2v) is 8.78. The lowest BCUT2D eigenvalue weighted by atomic mass is 10.1. The number of benzene rings is 2. The first-order valence-electron chi connectivity index (χ1n) is 10.7. The van der Waals surface area contributed by atoms with Crippen molar-refractivity contribution in [3.63, 3.8) is 0 Å². The van der Waals surface area contributed by atoms with Crippen LogP contribution in [0, 0.1) is 5.82 Å². The summed E-state index contributed by atoms with van der Waals surface area (Å²) >= 11 is 12.1. The van der Waals surface area contributed by atoms with E-state index in [-0.39, 0.29) is 41.4 Å². The third-order valence-electron chi connectivity index (χ3n) is 5.74. The fraction of sp³-hybridized carbons (Fsp3) is 0.417. The van der Waals surface area contributed by atoms with Crippen molar-refractivity contribution in [3.8, 4) is 0 Å². The second-order valence-electron chi connectivity index (χ2n) is 7.94. The summed E-state index contributed by atoms with van der Waals surface area (Å²) in [6.45, 7) is 2.09. The minimum Gasteiger partial charge on any atom is -0.352 e. The van der Waals surface area contributed by atoms with E-state index in [2.05, 4.69) is 5.32 Å². The highest BCUT2D eigenvalue weighted by atomic mass is 35.5. The quantitative estimate of drug-likeness (QED) is 0.557. The zero-order chi connectivity index (χ0) is 22.4. The number of carbonyl (C=O) groups excluding carboxylic acids is 2. The van der Waals surface area contributed by atoms with E-state index in [0.717, 1.165) is 31.2 Å². The van der Waals surface area contributed by atoms with Gasteiger partial charge in [-0.1, -0.05) is 61.2 Å². The Hall–Kier alpha value is -2.11. The molecule has 166 valence electrons. The lowest BCUT2D eigenvalue weighted by molar-refractivity contribution is -0.141. The van der Waals surface area contributed by atoms with Crippen LogP contribution >= 0.6 is 23.2 Å². The topological polar surface area (TPSA) is 49.4 Å². The number of rotatable bonds is 8. The molecule has 2 amide bonds. The van der Waals surface area contributed by atoms with E-state index in [1.165, 1.54) is 17.0 Å². The first-order valence-corrected chi connectivity index (χ1v) is 11.4. The van der Waals surface area contributed by atoms with Crippen molar-refractivity contribution in [2.24, 2.45) is 0 Å². The zero-order valence-electron chi connectivity index (χ0n) is 17.5. The van der Waals surface area contributed by atoms with Gasteiger partial charge in [0.15, 0.2) is 0 Å². The van der Waals surface area contributed by atoms with E-state index < -0.39 is 11.9 Å². The van der Waals surface area contributed by atoms with Crippen molar-refractivity contribution >= 4 is 35.0 Å². The number of halogens is 3. The minimum atomic E-state index is -0.658. The molecule has 0 radical (unpaired) electrons. The molecule has 1 N–H and O–H groups in total. The molecule has 0 aliphatic heterocycles. The van der Waals surface area contributed by atoms with Crippen LogP contribution in [0.3, 0.4) is 0 Å². The van der Waals surface area contributed by atoms with Gasteiger partial charge in [-0.25, -0.2) is 4.39 Å². The first-order chi connectivity index (χ1) is 14.9. The molecular formula is C24H27Cl2FN2O2. The zero-order valence-corrected chi connectivity index (χ0v) is 19.1. The summed E-state index contributed by atoms with van der Waals surface area (Å²) in [7, 11) is 0. The molecule has 1 saturated carbocycles. The predicted molar refractivity (Wildman–Crippen MR) is 122 cm³/mol. The summed E-state index contributed by atoms with van der Waals surface area (Å²) in [6.07, 6.45) is 4.34.